The first kappa shape index (κ1) is 23.3. The molecule has 10 heteroatoms. The maximum Gasteiger partial charge on any atom is 0.180 e. The zero-order valence-electron chi connectivity index (χ0n) is 20.6. The van der Waals surface area contributed by atoms with E-state index < -0.39 is 0 Å². The summed E-state index contributed by atoms with van der Waals surface area (Å²) in [5.41, 5.74) is 6.71. The lowest BCUT2D eigenvalue weighted by atomic mass is 10.1. The quantitative estimate of drug-likeness (QED) is 0.257. The predicted octanol–water partition coefficient (Wildman–Crippen LogP) is 4.15. The third kappa shape index (κ3) is 5.19. The second-order valence-electron chi connectivity index (χ2n) is 8.98. The lowest BCUT2D eigenvalue weighted by molar-refractivity contribution is 0.839. The van der Waals surface area contributed by atoms with E-state index in [1.54, 1.807) is 0 Å². The van der Waals surface area contributed by atoms with Gasteiger partial charge in [0.2, 0.25) is 0 Å². The van der Waals surface area contributed by atoms with E-state index in [-0.39, 0.29) is 0 Å². The number of benzene rings is 3. The summed E-state index contributed by atoms with van der Waals surface area (Å²) in [4.78, 5) is 2.01. The first-order valence-electron chi connectivity index (χ1n) is 12.4. The molecule has 3 aromatic carbocycles. The Morgan fingerprint density at radius 3 is 1.26 bits per heavy atom. The van der Waals surface area contributed by atoms with Gasteiger partial charge in [-0.3, -0.25) is 4.90 Å². The van der Waals surface area contributed by atoms with Crippen molar-refractivity contribution in [2.75, 3.05) is 4.90 Å². The predicted molar refractivity (Wildman–Crippen MR) is 143 cm³/mol. The molecule has 0 radical (unpaired) electrons. The van der Waals surface area contributed by atoms with Crippen molar-refractivity contribution < 1.29 is 0 Å². The van der Waals surface area contributed by atoms with Gasteiger partial charge in [0.05, 0.1) is 12.2 Å². The average molecular weight is 503 g/mol. The van der Waals surface area contributed by atoms with Crippen molar-refractivity contribution in [3.8, 4) is 0 Å². The van der Waals surface area contributed by atoms with Crippen LogP contribution in [0.3, 0.4) is 0 Å². The first-order chi connectivity index (χ1) is 18.8. The number of nitrogens with one attached hydrogen (secondary N) is 3. The fraction of sp³-hybridized carbons (Fsp3) is 0.143. The number of hydrogen-bond donors (Lipinski definition) is 3. The molecule has 0 aliphatic heterocycles. The minimum atomic E-state index is 0.390. The summed E-state index contributed by atoms with van der Waals surface area (Å²) in [5.74, 6) is 1.34. The molecule has 3 N–H and O–H groups in total. The Morgan fingerprint density at radius 2 is 0.789 bits per heavy atom. The van der Waals surface area contributed by atoms with Crippen LogP contribution < -0.4 is 4.90 Å². The number of nitrogens with zero attached hydrogens (tertiary/aromatic N) is 7. The van der Waals surface area contributed by atoms with Crippen LogP contribution in [0.25, 0.3) is 0 Å². The Bertz CT molecular complexity index is 1490. The Hall–Kier alpha value is -5.12. The van der Waals surface area contributed by atoms with E-state index >= 15 is 0 Å². The topological polar surface area (TPSA) is 128 Å². The molecular formula is C28H26N10. The van der Waals surface area contributed by atoms with Crippen LogP contribution in [0.2, 0.25) is 0 Å². The number of rotatable bonds is 10. The SMILES string of the molecule is c1ccc(Cc2n[nH]nc2CN(c2n[nH]nc2Cc2ccccc2)c2n[nH]nc2Cc2ccccc2)cc1. The van der Waals surface area contributed by atoms with E-state index in [4.69, 9.17) is 0 Å². The van der Waals surface area contributed by atoms with E-state index in [0.29, 0.717) is 37.4 Å². The van der Waals surface area contributed by atoms with Crippen molar-refractivity contribution in [3.63, 3.8) is 0 Å². The molecule has 0 saturated carbocycles. The minimum Gasteiger partial charge on any atom is -0.299 e. The van der Waals surface area contributed by atoms with E-state index in [1.807, 2.05) is 59.5 Å². The van der Waals surface area contributed by atoms with Crippen molar-refractivity contribution in [2.24, 2.45) is 0 Å². The monoisotopic (exact) mass is 502 g/mol. The van der Waals surface area contributed by atoms with Crippen molar-refractivity contribution in [1.29, 1.82) is 0 Å². The Balaban J connectivity index is 1.37. The normalized spacial score (nSPS) is 11.1. The van der Waals surface area contributed by atoms with Crippen LogP contribution in [0, 0.1) is 0 Å². The van der Waals surface area contributed by atoms with Crippen LogP contribution in [-0.4, -0.2) is 46.2 Å². The highest BCUT2D eigenvalue weighted by Gasteiger charge is 2.26. The standard InChI is InChI=1S/C28H26N10/c1-4-10-20(11-5-1)16-23-26(32-35-29-23)19-38(27-24(30-36-33-27)17-21-12-6-2-7-13-21)28-25(31-37-34-28)18-22-14-8-3-9-15-22/h1-15H,16-19H2,(H,29,32,35)(H,30,33,36)(H,31,34,37). The molecule has 0 saturated heterocycles. The number of anilines is 2. The summed E-state index contributed by atoms with van der Waals surface area (Å²) in [5, 5.41) is 35.5. The van der Waals surface area contributed by atoms with Crippen molar-refractivity contribution >= 4 is 11.6 Å². The molecular weight excluding hydrogens is 476 g/mol. The zero-order valence-corrected chi connectivity index (χ0v) is 20.6. The van der Waals surface area contributed by atoms with Gasteiger partial charge in [-0.05, 0) is 16.7 Å². The van der Waals surface area contributed by atoms with Gasteiger partial charge in [0.15, 0.2) is 11.6 Å². The number of hydrogen-bond acceptors (Lipinski definition) is 7. The molecule has 10 nitrogen and oxygen atoms in total. The van der Waals surface area contributed by atoms with Crippen LogP contribution in [0.5, 0.6) is 0 Å². The molecule has 3 aromatic heterocycles. The first-order valence-corrected chi connectivity index (χ1v) is 12.4. The molecule has 0 spiro atoms. The molecule has 0 aliphatic rings. The van der Waals surface area contributed by atoms with Gasteiger partial charge in [0.25, 0.3) is 0 Å². The Labute approximate surface area is 219 Å². The highest BCUT2D eigenvalue weighted by atomic mass is 15.5. The third-order valence-electron chi connectivity index (χ3n) is 6.36. The Kier molecular flexibility index (Phi) is 6.66. The number of H-pyrrole nitrogens is 3. The van der Waals surface area contributed by atoms with Crippen LogP contribution in [-0.2, 0) is 25.8 Å². The van der Waals surface area contributed by atoms with Gasteiger partial charge in [-0.1, -0.05) is 91.0 Å². The number of aromatic amines is 3. The Morgan fingerprint density at radius 1 is 0.421 bits per heavy atom. The fourth-order valence-electron chi connectivity index (χ4n) is 4.47. The largest absolute Gasteiger partial charge is 0.299 e. The highest BCUT2D eigenvalue weighted by Crippen LogP contribution is 2.30. The second kappa shape index (κ2) is 10.9. The smallest absolute Gasteiger partial charge is 0.180 e. The van der Waals surface area contributed by atoms with Gasteiger partial charge in [0.1, 0.15) is 17.1 Å². The van der Waals surface area contributed by atoms with Gasteiger partial charge in [-0.25, -0.2) is 0 Å². The van der Waals surface area contributed by atoms with Crippen molar-refractivity contribution in [1.82, 2.24) is 46.2 Å². The van der Waals surface area contributed by atoms with Gasteiger partial charge in [-0.2, -0.15) is 36.0 Å². The lowest BCUT2D eigenvalue weighted by Gasteiger charge is -2.21. The zero-order chi connectivity index (χ0) is 25.6. The molecule has 188 valence electrons. The molecule has 0 bridgehead atoms. The van der Waals surface area contributed by atoms with Crippen molar-refractivity contribution in [2.45, 2.75) is 25.8 Å². The number of aromatic nitrogens is 9. The minimum absolute atomic E-state index is 0.390. The molecule has 0 fully saturated rings. The summed E-state index contributed by atoms with van der Waals surface area (Å²) < 4.78 is 0. The second-order valence-corrected chi connectivity index (χ2v) is 8.98. The van der Waals surface area contributed by atoms with E-state index in [9.17, 15) is 0 Å². The molecule has 0 atom stereocenters. The summed E-state index contributed by atoms with van der Waals surface area (Å²) in [6, 6.07) is 30.6. The molecule has 38 heavy (non-hydrogen) atoms. The third-order valence-corrected chi connectivity index (χ3v) is 6.36. The highest BCUT2D eigenvalue weighted by molar-refractivity contribution is 5.61. The molecule has 6 aromatic rings. The summed E-state index contributed by atoms with van der Waals surface area (Å²) in [6.45, 7) is 0.390. The maximum atomic E-state index is 4.56. The van der Waals surface area contributed by atoms with E-state index in [1.165, 1.54) is 0 Å². The molecule has 0 unspecified atom stereocenters. The molecule has 0 amide bonds. The average Bonchev–Trinajstić information content (AvgIpc) is 3.71. The van der Waals surface area contributed by atoms with E-state index in [0.717, 1.165) is 39.5 Å². The van der Waals surface area contributed by atoms with Crippen LogP contribution in [0.15, 0.2) is 91.0 Å². The summed E-state index contributed by atoms with van der Waals surface area (Å²) in [6.07, 6.45) is 1.89. The lowest BCUT2D eigenvalue weighted by Crippen LogP contribution is -2.21. The van der Waals surface area contributed by atoms with Gasteiger partial charge >= 0.3 is 0 Å². The summed E-state index contributed by atoms with van der Waals surface area (Å²) >= 11 is 0. The van der Waals surface area contributed by atoms with E-state index in [2.05, 4.69) is 82.6 Å². The molecule has 0 aliphatic carbocycles. The molecule has 6 rings (SSSR count). The van der Waals surface area contributed by atoms with Crippen molar-refractivity contribution in [3.05, 3.63) is 130 Å². The summed E-state index contributed by atoms with van der Waals surface area (Å²) in [7, 11) is 0. The maximum absolute atomic E-state index is 4.56. The van der Waals surface area contributed by atoms with Crippen LogP contribution in [0.1, 0.15) is 39.5 Å². The van der Waals surface area contributed by atoms with Crippen LogP contribution >= 0.6 is 0 Å². The van der Waals surface area contributed by atoms with Crippen LogP contribution in [0.4, 0.5) is 11.6 Å². The van der Waals surface area contributed by atoms with Gasteiger partial charge < -0.3 is 0 Å². The molecule has 3 heterocycles. The fourth-order valence-corrected chi connectivity index (χ4v) is 4.47. The van der Waals surface area contributed by atoms with Gasteiger partial charge in [-0.15, -0.1) is 10.2 Å². The van der Waals surface area contributed by atoms with Gasteiger partial charge in [0, 0.05) is 19.3 Å².